The number of phosphoric acid groups is 1. The molecule has 1 N–H and O–H groups in total. The molecule has 0 aromatic rings. The molecule has 88 heavy (non-hydrogen) atoms. The van der Waals surface area contributed by atoms with E-state index < -0.39 is 31.7 Å². The minimum atomic E-state index is -5.14. The van der Waals surface area contributed by atoms with Crippen LogP contribution in [-0.4, -0.2) is 127 Å². The van der Waals surface area contributed by atoms with Crippen LogP contribution in [0.15, 0.2) is 0 Å². The van der Waals surface area contributed by atoms with Crippen molar-refractivity contribution in [2.45, 2.75) is 439 Å². The first-order valence-electron chi connectivity index (χ1n) is 36.6. The molecule has 0 atom stereocenters. The molecular formula is C72H141Ca2MgO12P. The Morgan fingerprint density at radius 1 is 0.227 bits per heavy atom. The van der Waals surface area contributed by atoms with E-state index in [2.05, 4.69) is 27.7 Å². The summed E-state index contributed by atoms with van der Waals surface area (Å²) < 4.78 is 8.66. The van der Waals surface area contributed by atoms with Crippen molar-refractivity contribution < 1.29 is 58.8 Å². The number of hydrogen-bond acceptors (Lipinski definition) is 11. The van der Waals surface area contributed by atoms with E-state index in [4.69, 9.17) is 19.2 Å². The zero-order valence-corrected chi connectivity index (χ0v) is 65.5. The van der Waals surface area contributed by atoms with Gasteiger partial charge in [-0.1, -0.05) is 387 Å². The Morgan fingerprint density at radius 2 is 0.295 bits per heavy atom. The molecule has 0 aromatic heterocycles. The standard InChI is InChI=1S/4C18H36O2.2Ca.Mg.H3O4P/c4*1-2-3-4-5-6-7-8-9-10-11-12-13-14-15-16-17-18(19)20;;;;1-5(2,3)4/h4*2-17H2,1H3,(H,19,20);;;;(H3,1,2,3,4)/q;;;;3*+2;/p-6. The molecular weight excluding hydrogens is 1190 g/mol. The summed E-state index contributed by atoms with van der Waals surface area (Å²) in [6.45, 7) is 9.07. The largest absolute Gasteiger partial charge is 2.00 e. The molecule has 0 aliphatic heterocycles. The average molecular weight is 1330 g/mol. The van der Waals surface area contributed by atoms with Gasteiger partial charge in [0.05, 0.1) is 7.82 Å². The first kappa shape index (κ1) is 105. The van der Waals surface area contributed by atoms with E-state index >= 15 is 0 Å². The number of carboxylic acids is 4. The van der Waals surface area contributed by atoms with Crippen molar-refractivity contribution >= 4 is 130 Å². The fraction of sp³-hybridized carbons (Fsp3) is 0.944. The maximum Gasteiger partial charge on any atom is 2.00 e. The Morgan fingerprint density at radius 3 is 0.364 bits per heavy atom. The van der Waals surface area contributed by atoms with E-state index in [9.17, 15) is 39.6 Å². The summed E-state index contributed by atoms with van der Waals surface area (Å²) in [6.07, 6.45) is 79.4. The van der Waals surface area contributed by atoms with E-state index in [0.29, 0.717) is 0 Å². The number of hydrogen-bond donors (Lipinski definition) is 1. The third-order valence-electron chi connectivity index (χ3n) is 15.9. The van der Waals surface area contributed by atoms with Crippen molar-refractivity contribution in [1.29, 1.82) is 0 Å². The van der Waals surface area contributed by atoms with Crippen LogP contribution in [-0.2, 0) is 23.7 Å². The van der Waals surface area contributed by atoms with Crippen LogP contribution in [0.25, 0.3) is 0 Å². The second kappa shape index (κ2) is 97.0. The third kappa shape index (κ3) is 135. The molecule has 0 aliphatic rings. The van der Waals surface area contributed by atoms with Gasteiger partial charge < -0.3 is 58.8 Å². The Hall–Kier alpha value is 1.28. The van der Waals surface area contributed by atoms with E-state index in [1.54, 1.807) is 0 Å². The molecule has 12 nitrogen and oxygen atoms in total. The molecule has 0 saturated carbocycles. The van der Waals surface area contributed by atoms with Crippen LogP contribution in [0.4, 0.5) is 0 Å². The van der Waals surface area contributed by atoms with Crippen molar-refractivity contribution in [3.8, 4) is 0 Å². The zero-order chi connectivity index (χ0) is 64.1. The van der Waals surface area contributed by atoms with Gasteiger partial charge in [-0.05, 0) is 51.4 Å². The number of carbonyl (C=O) groups is 4. The quantitative estimate of drug-likeness (QED) is 0.0339. The molecule has 512 valence electrons. The van der Waals surface area contributed by atoms with Gasteiger partial charge in [0, 0.05) is 23.9 Å². The number of carbonyl (C=O) groups excluding carboxylic acids is 4. The summed E-state index contributed by atoms with van der Waals surface area (Å²) in [5, 5.41) is 40.9. The van der Waals surface area contributed by atoms with Gasteiger partial charge in [-0.15, -0.1) is 0 Å². The number of aliphatic carboxylic acids is 4. The Labute approximate surface area is 621 Å². The predicted molar refractivity (Wildman–Crippen MR) is 365 cm³/mol. The third-order valence-corrected chi connectivity index (χ3v) is 15.9. The fourth-order valence-corrected chi connectivity index (χ4v) is 10.6. The van der Waals surface area contributed by atoms with Crippen LogP contribution >= 0.6 is 7.82 Å². The summed E-state index contributed by atoms with van der Waals surface area (Å²) in [5.41, 5.74) is 0. The van der Waals surface area contributed by atoms with Crippen molar-refractivity contribution in [2.75, 3.05) is 0 Å². The maximum atomic E-state index is 10.2. The minimum Gasteiger partial charge on any atom is -0.790 e. The molecule has 0 bridgehead atoms. The summed E-state index contributed by atoms with van der Waals surface area (Å²) in [4.78, 5) is 65.2. The van der Waals surface area contributed by atoms with Crippen LogP contribution in [0, 0.1) is 0 Å². The van der Waals surface area contributed by atoms with Crippen LogP contribution < -0.4 is 30.2 Å². The average Bonchev–Trinajstić information content (AvgIpc) is 3.45. The van der Waals surface area contributed by atoms with Crippen LogP contribution in [0.1, 0.15) is 439 Å². The molecule has 16 heteroatoms. The van der Waals surface area contributed by atoms with Crippen molar-refractivity contribution in [3.05, 3.63) is 0 Å². The minimum absolute atomic E-state index is 0. The Balaban J connectivity index is -0.000000155. The molecule has 0 radical (unpaired) electrons. The van der Waals surface area contributed by atoms with Crippen molar-refractivity contribution in [3.63, 3.8) is 0 Å². The molecule has 0 fully saturated rings. The van der Waals surface area contributed by atoms with Gasteiger partial charge in [0.1, 0.15) is 0 Å². The topological polar surface area (TPSA) is 244 Å². The van der Waals surface area contributed by atoms with Gasteiger partial charge >= 0.3 is 98.5 Å². The van der Waals surface area contributed by atoms with Gasteiger partial charge in [0.25, 0.3) is 0 Å². The van der Waals surface area contributed by atoms with E-state index in [0.717, 1.165) is 51.4 Å². The molecule has 0 aliphatic carbocycles. The van der Waals surface area contributed by atoms with Crippen LogP contribution in [0.2, 0.25) is 0 Å². The smallest absolute Gasteiger partial charge is 0.790 e. The summed E-state index contributed by atoms with van der Waals surface area (Å²) >= 11 is 0. The second-order valence-corrected chi connectivity index (χ2v) is 25.7. The Bertz CT molecular complexity index is 1160. The van der Waals surface area contributed by atoms with Gasteiger partial charge in [0.15, 0.2) is 0 Å². The first-order chi connectivity index (χ1) is 41.1. The predicted octanol–water partition coefficient (Wildman–Crippen LogP) is 16.7. The van der Waals surface area contributed by atoms with Gasteiger partial charge in [0.2, 0.25) is 0 Å². The second-order valence-electron chi connectivity index (χ2n) is 24.8. The summed E-state index contributed by atoms with van der Waals surface area (Å²) in [7, 11) is -5.14. The van der Waals surface area contributed by atoms with Gasteiger partial charge in [-0.3, -0.25) is 0 Å². The van der Waals surface area contributed by atoms with Crippen molar-refractivity contribution in [2.24, 2.45) is 0 Å². The molecule has 0 rings (SSSR count). The number of carboxylic acid groups (broad SMARTS) is 4. The summed E-state index contributed by atoms with van der Waals surface area (Å²) in [6, 6.07) is 0. The molecule has 0 amide bonds. The summed E-state index contributed by atoms with van der Waals surface area (Å²) in [5.74, 6) is -3.61. The molecule has 0 heterocycles. The van der Waals surface area contributed by atoms with E-state index in [1.807, 2.05) is 0 Å². The van der Waals surface area contributed by atoms with E-state index in [1.165, 1.54) is 334 Å². The molecule has 0 spiro atoms. The normalized spacial score (nSPS) is 10.5. The van der Waals surface area contributed by atoms with Crippen molar-refractivity contribution in [1.82, 2.24) is 0 Å². The van der Waals surface area contributed by atoms with Crippen LogP contribution in [0.3, 0.4) is 0 Å². The molecule has 0 unspecified atom stereocenters. The van der Waals surface area contributed by atoms with Gasteiger partial charge in [-0.25, -0.2) is 0 Å². The number of unbranched alkanes of at least 4 members (excludes halogenated alkanes) is 56. The fourth-order valence-electron chi connectivity index (χ4n) is 10.6. The first-order valence-corrected chi connectivity index (χ1v) is 38.1. The van der Waals surface area contributed by atoms with Gasteiger partial charge in [-0.2, -0.15) is 0 Å². The Kier molecular flexibility index (Phi) is 116. The molecule has 0 aromatic carbocycles. The number of rotatable bonds is 64. The van der Waals surface area contributed by atoms with Crippen LogP contribution in [0.5, 0.6) is 0 Å². The SMILES string of the molecule is CCCCCCCCCCCCCCCCCC(=O)[O-].CCCCCCCCCCCCCCCCCC(=O)[O-].CCCCCCCCCCCCCCCCCC(=O)[O-].CCCCCCCCCCCCCCCCCC(=O)[O-].O=P([O-])([O-])O.[Ca+2].[Ca+2].[Mg+2]. The maximum absolute atomic E-state index is 10.2. The van der Waals surface area contributed by atoms with E-state index in [-0.39, 0.29) is 124 Å². The molecule has 0 saturated heterocycles. The monoisotopic (exact) mass is 1330 g/mol. The zero-order valence-electron chi connectivity index (χ0n) is 58.8.